The number of allylic oxidation sites excluding steroid dienone is 1. The highest BCUT2D eigenvalue weighted by Crippen LogP contribution is 2.16. The van der Waals surface area contributed by atoms with Crippen LogP contribution in [-0.2, 0) is 23.9 Å². The number of aliphatic hydroxyl groups excluding tert-OH is 1. The van der Waals surface area contributed by atoms with Gasteiger partial charge in [0.25, 0.3) is 0 Å². The molecule has 0 aliphatic heterocycles. The van der Waals surface area contributed by atoms with Crippen molar-refractivity contribution in [3.05, 3.63) is 11.8 Å². The van der Waals surface area contributed by atoms with Crippen molar-refractivity contribution in [3.63, 3.8) is 0 Å². The molecule has 102 valence electrons. The zero-order chi connectivity index (χ0) is 14.1. The first-order valence-electron chi connectivity index (χ1n) is 5.63. The molecule has 0 rings (SSSR count). The van der Waals surface area contributed by atoms with E-state index in [9.17, 15) is 19.5 Å². The summed E-state index contributed by atoms with van der Waals surface area (Å²) in [6.45, 7) is 3.47. The van der Waals surface area contributed by atoms with Gasteiger partial charge in [-0.15, -0.1) is 0 Å². The summed E-state index contributed by atoms with van der Waals surface area (Å²) in [4.78, 5) is 33.7. The third-order valence-corrected chi connectivity index (χ3v) is 2.25. The van der Waals surface area contributed by atoms with E-state index in [1.807, 2.05) is 0 Å². The Kier molecular flexibility index (Phi) is 7.42. The Bertz CT molecular complexity index is 344. The van der Waals surface area contributed by atoms with Crippen molar-refractivity contribution in [1.29, 1.82) is 0 Å². The summed E-state index contributed by atoms with van der Waals surface area (Å²) in [5, 5.41) is 9.65. The van der Waals surface area contributed by atoms with Gasteiger partial charge in [0.15, 0.2) is 5.78 Å². The van der Waals surface area contributed by atoms with Crippen molar-refractivity contribution < 1.29 is 29.0 Å². The summed E-state index contributed by atoms with van der Waals surface area (Å²) >= 11 is 0. The maximum atomic E-state index is 11.7. The Labute approximate surface area is 106 Å². The molecule has 0 aromatic heterocycles. The molecule has 0 aromatic carbocycles. The number of esters is 2. The molecule has 1 atom stereocenters. The van der Waals surface area contributed by atoms with E-state index in [1.54, 1.807) is 13.8 Å². The molecule has 0 aromatic rings. The second kappa shape index (κ2) is 8.27. The van der Waals surface area contributed by atoms with Crippen molar-refractivity contribution >= 4 is 17.7 Å². The smallest absolute Gasteiger partial charge is 0.334 e. The highest BCUT2D eigenvalue weighted by atomic mass is 16.5. The van der Waals surface area contributed by atoms with Crippen LogP contribution in [0.3, 0.4) is 0 Å². The van der Waals surface area contributed by atoms with Crippen LogP contribution in [0.5, 0.6) is 0 Å². The SMILES string of the molecule is CCOC(=O)/C=C(\O)C(CC)C(=O)CC(=O)OC. The van der Waals surface area contributed by atoms with E-state index in [-0.39, 0.29) is 13.0 Å². The molecule has 0 aliphatic carbocycles. The van der Waals surface area contributed by atoms with Gasteiger partial charge in [0.05, 0.1) is 25.7 Å². The molecule has 0 aliphatic rings. The molecule has 0 radical (unpaired) electrons. The van der Waals surface area contributed by atoms with Crippen LogP contribution >= 0.6 is 0 Å². The maximum Gasteiger partial charge on any atom is 0.334 e. The average molecular weight is 258 g/mol. The quantitative estimate of drug-likeness (QED) is 0.319. The number of carbonyl (C=O) groups is 3. The van der Waals surface area contributed by atoms with Crippen LogP contribution < -0.4 is 0 Å². The van der Waals surface area contributed by atoms with Crippen molar-refractivity contribution in [2.75, 3.05) is 13.7 Å². The fourth-order valence-corrected chi connectivity index (χ4v) is 1.34. The number of hydrogen-bond donors (Lipinski definition) is 1. The van der Waals surface area contributed by atoms with Crippen LogP contribution in [0.2, 0.25) is 0 Å². The van der Waals surface area contributed by atoms with Crippen LogP contribution in [0.25, 0.3) is 0 Å². The highest BCUT2D eigenvalue weighted by molar-refractivity contribution is 5.98. The van der Waals surface area contributed by atoms with E-state index in [1.165, 1.54) is 7.11 Å². The number of ketones is 1. The summed E-state index contributed by atoms with van der Waals surface area (Å²) in [6.07, 6.45) is 0.695. The molecule has 1 N–H and O–H groups in total. The van der Waals surface area contributed by atoms with E-state index < -0.39 is 35.8 Å². The molecule has 0 saturated heterocycles. The molecular weight excluding hydrogens is 240 g/mol. The van der Waals surface area contributed by atoms with Crippen molar-refractivity contribution in [2.45, 2.75) is 26.7 Å². The number of aliphatic hydroxyl groups is 1. The number of rotatable bonds is 7. The van der Waals surface area contributed by atoms with Gasteiger partial charge in [-0.2, -0.15) is 0 Å². The minimum Gasteiger partial charge on any atom is -0.511 e. The van der Waals surface area contributed by atoms with Gasteiger partial charge >= 0.3 is 11.9 Å². The van der Waals surface area contributed by atoms with Crippen LogP contribution in [0.4, 0.5) is 0 Å². The normalized spacial score (nSPS) is 12.7. The Morgan fingerprint density at radius 3 is 2.33 bits per heavy atom. The van der Waals surface area contributed by atoms with Crippen LogP contribution in [0.1, 0.15) is 26.7 Å². The molecular formula is C12H18O6. The van der Waals surface area contributed by atoms with Gasteiger partial charge in [-0.1, -0.05) is 6.92 Å². The minimum atomic E-state index is -0.895. The third-order valence-electron chi connectivity index (χ3n) is 2.25. The first-order valence-corrected chi connectivity index (χ1v) is 5.63. The highest BCUT2D eigenvalue weighted by Gasteiger charge is 2.24. The molecule has 0 saturated carbocycles. The first-order chi connectivity index (χ1) is 8.46. The molecule has 6 heteroatoms. The second-order valence-corrected chi connectivity index (χ2v) is 3.50. The molecule has 0 heterocycles. The van der Waals surface area contributed by atoms with E-state index in [4.69, 9.17) is 0 Å². The minimum absolute atomic E-state index is 0.176. The lowest BCUT2D eigenvalue weighted by molar-refractivity contribution is -0.144. The molecule has 0 fully saturated rings. The molecule has 1 unspecified atom stereocenters. The maximum absolute atomic E-state index is 11.7. The molecule has 0 bridgehead atoms. The fourth-order valence-electron chi connectivity index (χ4n) is 1.34. The summed E-state index contributed by atoms with van der Waals surface area (Å²) in [7, 11) is 1.17. The van der Waals surface area contributed by atoms with Gasteiger partial charge in [-0.25, -0.2) is 4.79 Å². The summed E-state index contributed by atoms with van der Waals surface area (Å²) in [5.74, 6) is -3.19. The Hall–Kier alpha value is -1.85. The third kappa shape index (κ3) is 5.47. The number of Topliss-reactive ketones (excluding diaryl/α,β-unsaturated/α-hetero) is 1. The van der Waals surface area contributed by atoms with E-state index in [0.29, 0.717) is 0 Å². The van der Waals surface area contributed by atoms with Crippen LogP contribution in [-0.4, -0.2) is 36.5 Å². The predicted octanol–water partition coefficient (Wildman–Crippen LogP) is 1.15. The molecule has 0 spiro atoms. The van der Waals surface area contributed by atoms with E-state index in [0.717, 1.165) is 6.08 Å². The lowest BCUT2D eigenvalue weighted by Crippen LogP contribution is -2.21. The largest absolute Gasteiger partial charge is 0.511 e. The topological polar surface area (TPSA) is 89.9 Å². The van der Waals surface area contributed by atoms with Gasteiger partial charge in [0.1, 0.15) is 12.2 Å². The zero-order valence-electron chi connectivity index (χ0n) is 10.8. The second-order valence-electron chi connectivity index (χ2n) is 3.50. The lowest BCUT2D eigenvalue weighted by atomic mass is 9.96. The van der Waals surface area contributed by atoms with Gasteiger partial charge in [-0.3, -0.25) is 9.59 Å². The van der Waals surface area contributed by atoms with E-state index in [2.05, 4.69) is 9.47 Å². The summed E-state index contributed by atoms with van der Waals surface area (Å²) < 4.78 is 8.97. The zero-order valence-corrected chi connectivity index (χ0v) is 10.8. The Morgan fingerprint density at radius 1 is 1.28 bits per heavy atom. The molecule has 6 nitrogen and oxygen atoms in total. The van der Waals surface area contributed by atoms with Gasteiger partial charge in [0.2, 0.25) is 0 Å². The Morgan fingerprint density at radius 2 is 1.89 bits per heavy atom. The van der Waals surface area contributed by atoms with Crippen LogP contribution in [0, 0.1) is 5.92 Å². The number of ether oxygens (including phenoxy) is 2. The van der Waals surface area contributed by atoms with Crippen LogP contribution in [0.15, 0.2) is 11.8 Å². The van der Waals surface area contributed by atoms with Gasteiger partial charge in [-0.05, 0) is 13.3 Å². The van der Waals surface area contributed by atoms with Gasteiger partial charge < -0.3 is 14.6 Å². The predicted molar refractivity (Wildman–Crippen MR) is 62.8 cm³/mol. The first kappa shape index (κ1) is 16.1. The van der Waals surface area contributed by atoms with Crippen molar-refractivity contribution in [3.8, 4) is 0 Å². The fraction of sp³-hybridized carbons (Fsp3) is 0.583. The van der Waals surface area contributed by atoms with E-state index >= 15 is 0 Å². The van der Waals surface area contributed by atoms with Crippen molar-refractivity contribution in [2.24, 2.45) is 5.92 Å². The number of hydrogen-bond acceptors (Lipinski definition) is 6. The number of carbonyl (C=O) groups excluding carboxylic acids is 3. The average Bonchev–Trinajstić information content (AvgIpc) is 2.29. The standard InChI is InChI=1S/C12H18O6/c1-4-8(9(13)6-11(15)17-3)10(14)7-12(16)18-5-2/h7-8,14H,4-6H2,1-3H3/b10-7-. The molecule has 18 heavy (non-hydrogen) atoms. The van der Waals surface area contributed by atoms with Crippen molar-refractivity contribution in [1.82, 2.24) is 0 Å². The monoisotopic (exact) mass is 258 g/mol. The Balaban J connectivity index is 4.70. The molecule has 0 amide bonds. The lowest BCUT2D eigenvalue weighted by Gasteiger charge is -2.12. The summed E-state index contributed by atoms with van der Waals surface area (Å²) in [6, 6.07) is 0. The summed E-state index contributed by atoms with van der Waals surface area (Å²) in [5.41, 5.74) is 0. The number of methoxy groups -OCH3 is 1. The van der Waals surface area contributed by atoms with Gasteiger partial charge in [0, 0.05) is 0 Å².